The number of hydrogen-bond acceptors (Lipinski definition) is 5. The Morgan fingerprint density at radius 1 is 1.20 bits per heavy atom. The molecule has 1 aromatic carbocycles. The molecule has 0 saturated carbocycles. The van der Waals surface area contributed by atoms with Crippen molar-refractivity contribution >= 4 is 33.5 Å². The van der Waals surface area contributed by atoms with Gasteiger partial charge in [-0.1, -0.05) is 12.1 Å². The molecule has 0 fully saturated rings. The van der Waals surface area contributed by atoms with Gasteiger partial charge in [0.1, 0.15) is 17.4 Å². The third-order valence-electron chi connectivity index (χ3n) is 3.06. The van der Waals surface area contributed by atoms with E-state index in [-0.39, 0.29) is 29.5 Å². The van der Waals surface area contributed by atoms with Crippen LogP contribution in [0.4, 0.5) is 24.8 Å². The predicted molar refractivity (Wildman–Crippen MR) is 89.9 cm³/mol. The van der Waals surface area contributed by atoms with E-state index in [1.165, 1.54) is 18.2 Å². The van der Waals surface area contributed by atoms with Gasteiger partial charge in [0, 0.05) is 6.54 Å². The van der Waals surface area contributed by atoms with Crippen molar-refractivity contribution < 1.29 is 22.7 Å². The van der Waals surface area contributed by atoms with E-state index in [1.54, 1.807) is 12.1 Å². The first kappa shape index (κ1) is 18.8. The zero-order chi connectivity index (χ0) is 18.6. The van der Waals surface area contributed by atoms with E-state index < -0.39 is 18.7 Å². The van der Waals surface area contributed by atoms with Crippen LogP contribution in [0.1, 0.15) is 15.9 Å². The molecule has 5 N–H and O–H groups in total. The van der Waals surface area contributed by atoms with Gasteiger partial charge in [-0.15, -0.1) is 0 Å². The first-order chi connectivity index (χ1) is 11.7. The number of anilines is 2. The summed E-state index contributed by atoms with van der Waals surface area (Å²) >= 11 is 3.16. The van der Waals surface area contributed by atoms with E-state index in [0.29, 0.717) is 10.0 Å². The van der Waals surface area contributed by atoms with Gasteiger partial charge in [0.05, 0.1) is 10.0 Å². The Balaban J connectivity index is 1.95. The summed E-state index contributed by atoms with van der Waals surface area (Å²) in [4.78, 5) is 16.0. The number of rotatable bonds is 5. The first-order valence-electron chi connectivity index (χ1n) is 6.94. The summed E-state index contributed by atoms with van der Waals surface area (Å²) in [5.74, 6) is -0.205. The van der Waals surface area contributed by atoms with Crippen LogP contribution in [0.3, 0.4) is 0 Å². The Labute approximate surface area is 149 Å². The highest BCUT2D eigenvalue weighted by Gasteiger charge is 2.28. The van der Waals surface area contributed by atoms with Crippen LogP contribution in [0.15, 0.2) is 34.8 Å². The number of aromatic nitrogens is 1. The number of carbonyl (C=O) groups excluding carboxylic acids is 1. The summed E-state index contributed by atoms with van der Waals surface area (Å²) in [5, 5.41) is 2.64. The Hall–Kier alpha value is -2.49. The highest BCUT2D eigenvalue weighted by Crippen LogP contribution is 2.22. The number of pyridine rings is 1. The van der Waals surface area contributed by atoms with E-state index >= 15 is 0 Å². The molecule has 0 spiro atoms. The van der Waals surface area contributed by atoms with Crippen molar-refractivity contribution in [2.45, 2.75) is 12.7 Å². The topological polar surface area (TPSA) is 103 Å². The molecule has 0 unspecified atom stereocenters. The van der Waals surface area contributed by atoms with Crippen LogP contribution >= 0.6 is 15.9 Å². The highest BCUT2D eigenvalue weighted by atomic mass is 79.9. The summed E-state index contributed by atoms with van der Waals surface area (Å²) in [6.45, 7) is -1.21. The van der Waals surface area contributed by atoms with Crippen LogP contribution in [-0.4, -0.2) is 23.7 Å². The molecule has 6 nitrogen and oxygen atoms in total. The number of carbonyl (C=O) groups is 1. The molecule has 0 aliphatic rings. The van der Waals surface area contributed by atoms with Gasteiger partial charge in [-0.2, -0.15) is 13.2 Å². The normalized spacial score (nSPS) is 11.2. The second-order valence-corrected chi connectivity index (χ2v) is 5.87. The quantitative estimate of drug-likeness (QED) is 0.692. The number of nitrogens with zero attached hydrogens (tertiary/aromatic N) is 1. The van der Waals surface area contributed by atoms with Gasteiger partial charge in [-0.25, -0.2) is 4.98 Å². The predicted octanol–water partition coefficient (Wildman–Crippen LogP) is 2.88. The van der Waals surface area contributed by atoms with Crippen LogP contribution in [0.2, 0.25) is 0 Å². The monoisotopic (exact) mass is 418 g/mol. The average Bonchev–Trinajstić information content (AvgIpc) is 2.54. The lowest BCUT2D eigenvalue weighted by Crippen LogP contribution is -2.24. The maximum Gasteiger partial charge on any atom is 0.422 e. The highest BCUT2D eigenvalue weighted by molar-refractivity contribution is 9.10. The number of ether oxygens (including phenoxy) is 1. The molecule has 10 heteroatoms. The number of benzene rings is 1. The molecule has 0 aliphatic carbocycles. The molecule has 0 bridgehead atoms. The van der Waals surface area contributed by atoms with E-state index in [0.717, 1.165) is 0 Å². The fourth-order valence-electron chi connectivity index (χ4n) is 1.85. The van der Waals surface area contributed by atoms with E-state index in [4.69, 9.17) is 11.5 Å². The number of nitrogens with two attached hydrogens (primary N) is 2. The third-order valence-corrected chi connectivity index (χ3v) is 3.69. The second kappa shape index (κ2) is 7.60. The van der Waals surface area contributed by atoms with Crippen molar-refractivity contribution in [2.75, 3.05) is 18.1 Å². The van der Waals surface area contributed by atoms with Crippen molar-refractivity contribution in [3.8, 4) is 5.75 Å². The molecule has 0 saturated heterocycles. The summed E-state index contributed by atoms with van der Waals surface area (Å²) < 4.78 is 41.3. The van der Waals surface area contributed by atoms with Gasteiger partial charge in [0.25, 0.3) is 5.91 Å². The average molecular weight is 419 g/mol. The van der Waals surface area contributed by atoms with Gasteiger partial charge in [0.15, 0.2) is 6.61 Å². The maximum atomic E-state index is 12.1. The van der Waals surface area contributed by atoms with Gasteiger partial charge in [-0.05, 0) is 39.7 Å². The molecule has 1 aromatic heterocycles. The van der Waals surface area contributed by atoms with Crippen molar-refractivity contribution in [3.05, 3.63) is 45.9 Å². The van der Waals surface area contributed by atoms with Crippen LogP contribution in [-0.2, 0) is 6.54 Å². The minimum atomic E-state index is -4.39. The van der Waals surface area contributed by atoms with E-state index in [2.05, 4.69) is 31.0 Å². The largest absolute Gasteiger partial charge is 0.484 e. The lowest BCUT2D eigenvalue weighted by Gasteiger charge is -2.11. The molecular weight excluding hydrogens is 405 g/mol. The number of alkyl halides is 3. The fraction of sp³-hybridized carbons (Fsp3) is 0.200. The Bertz CT molecular complexity index is 767. The number of nitrogens with one attached hydrogen (secondary N) is 1. The number of amides is 1. The smallest absolute Gasteiger partial charge is 0.422 e. The van der Waals surface area contributed by atoms with Gasteiger partial charge in [0.2, 0.25) is 0 Å². The second-order valence-electron chi connectivity index (χ2n) is 5.02. The van der Waals surface area contributed by atoms with Crippen molar-refractivity contribution in [3.63, 3.8) is 0 Å². The van der Waals surface area contributed by atoms with Gasteiger partial charge in [-0.3, -0.25) is 4.79 Å². The molecule has 0 atom stereocenters. The van der Waals surface area contributed by atoms with Crippen LogP contribution < -0.4 is 21.5 Å². The molecule has 1 heterocycles. The first-order valence-corrected chi connectivity index (χ1v) is 7.73. The van der Waals surface area contributed by atoms with E-state index in [1.807, 2.05) is 0 Å². The van der Waals surface area contributed by atoms with E-state index in [9.17, 15) is 18.0 Å². The summed E-state index contributed by atoms with van der Waals surface area (Å²) in [7, 11) is 0. The molecular formula is C15H14BrF3N4O2. The molecule has 0 radical (unpaired) electrons. The molecule has 25 heavy (non-hydrogen) atoms. The lowest BCUT2D eigenvalue weighted by atomic mass is 10.2. The third kappa shape index (κ3) is 5.52. The Morgan fingerprint density at radius 3 is 2.44 bits per heavy atom. The number of nitrogen functional groups attached to an aromatic ring is 2. The zero-order valence-corrected chi connectivity index (χ0v) is 14.3. The number of hydrogen-bond donors (Lipinski definition) is 3. The Kier molecular flexibility index (Phi) is 5.73. The van der Waals surface area contributed by atoms with Crippen molar-refractivity contribution in [1.82, 2.24) is 10.3 Å². The van der Waals surface area contributed by atoms with Crippen molar-refractivity contribution in [1.29, 1.82) is 0 Å². The van der Waals surface area contributed by atoms with Gasteiger partial charge >= 0.3 is 6.18 Å². The summed E-state index contributed by atoms with van der Waals surface area (Å²) in [6, 6.07) is 7.34. The Morgan fingerprint density at radius 2 is 1.84 bits per heavy atom. The summed E-state index contributed by atoms with van der Waals surface area (Å²) in [5.41, 5.74) is 12.1. The minimum absolute atomic E-state index is 0.00546. The SMILES string of the molecule is Nc1nc(N)c(C(=O)NCc2ccc(OCC(F)(F)F)cc2)cc1Br. The minimum Gasteiger partial charge on any atom is -0.484 e. The van der Waals surface area contributed by atoms with Crippen LogP contribution in [0, 0.1) is 0 Å². The molecule has 1 amide bonds. The summed E-state index contributed by atoms with van der Waals surface area (Å²) in [6.07, 6.45) is -4.39. The molecule has 2 aromatic rings. The van der Waals surface area contributed by atoms with Crippen molar-refractivity contribution in [2.24, 2.45) is 0 Å². The molecule has 2 rings (SSSR count). The van der Waals surface area contributed by atoms with Crippen LogP contribution in [0.5, 0.6) is 5.75 Å². The molecule has 0 aliphatic heterocycles. The maximum absolute atomic E-state index is 12.1. The fourth-order valence-corrected chi connectivity index (χ4v) is 2.16. The van der Waals surface area contributed by atoms with Gasteiger partial charge < -0.3 is 21.5 Å². The standard InChI is InChI=1S/C15H14BrF3N4O2/c16-11-5-10(12(20)23-13(11)21)14(24)22-6-8-1-3-9(4-2-8)25-7-15(17,18)19/h1-5H,6-7H2,(H,22,24)(H4,20,21,23). The lowest BCUT2D eigenvalue weighted by molar-refractivity contribution is -0.153. The number of halogens is 4. The molecule has 134 valence electrons. The van der Waals surface area contributed by atoms with Crippen LogP contribution in [0.25, 0.3) is 0 Å². The zero-order valence-electron chi connectivity index (χ0n) is 12.7.